The Labute approximate surface area is 109 Å². The zero-order chi connectivity index (χ0) is 13.6. The van der Waals surface area contributed by atoms with Gasteiger partial charge >= 0.3 is 0 Å². The SMILES string of the molecule is COCCN(C)C(C)(CN)Cc1ccccc1F. The molecule has 3 nitrogen and oxygen atoms in total. The van der Waals surface area contributed by atoms with E-state index in [0.29, 0.717) is 25.1 Å². The highest BCUT2D eigenvalue weighted by Crippen LogP contribution is 2.20. The molecule has 4 heteroatoms. The van der Waals surface area contributed by atoms with Gasteiger partial charge in [0.2, 0.25) is 0 Å². The van der Waals surface area contributed by atoms with Crippen LogP contribution in [0.4, 0.5) is 4.39 Å². The standard InChI is InChI=1S/C14H23FN2O/c1-14(11-16,17(2)8-9-18-3)10-12-6-4-5-7-13(12)15/h4-7H,8-11,16H2,1-3H3. The molecule has 0 saturated heterocycles. The third kappa shape index (κ3) is 3.77. The van der Waals surface area contributed by atoms with Crippen LogP contribution in [0.3, 0.4) is 0 Å². The molecule has 0 bridgehead atoms. The summed E-state index contributed by atoms with van der Waals surface area (Å²) in [6.45, 7) is 3.94. The van der Waals surface area contributed by atoms with Crippen LogP contribution in [0.1, 0.15) is 12.5 Å². The minimum absolute atomic E-state index is 0.169. The van der Waals surface area contributed by atoms with Crippen molar-refractivity contribution in [2.75, 3.05) is 33.9 Å². The molecule has 1 aromatic rings. The van der Waals surface area contributed by atoms with Crippen molar-refractivity contribution in [1.82, 2.24) is 4.90 Å². The van der Waals surface area contributed by atoms with Crippen molar-refractivity contribution in [3.8, 4) is 0 Å². The van der Waals surface area contributed by atoms with Gasteiger partial charge in [0.25, 0.3) is 0 Å². The molecule has 1 rings (SSSR count). The summed E-state index contributed by atoms with van der Waals surface area (Å²) in [6.07, 6.45) is 0.594. The molecule has 1 aromatic carbocycles. The molecule has 0 heterocycles. The van der Waals surface area contributed by atoms with E-state index in [1.54, 1.807) is 13.2 Å². The zero-order valence-corrected chi connectivity index (χ0v) is 11.4. The van der Waals surface area contributed by atoms with Gasteiger partial charge in [-0.25, -0.2) is 4.39 Å². The Hall–Kier alpha value is -0.970. The van der Waals surface area contributed by atoms with Gasteiger partial charge in [-0.15, -0.1) is 0 Å². The molecule has 0 spiro atoms. The number of ether oxygens (including phenoxy) is 1. The predicted molar refractivity (Wildman–Crippen MR) is 72.1 cm³/mol. The summed E-state index contributed by atoms with van der Waals surface area (Å²) in [7, 11) is 3.66. The van der Waals surface area contributed by atoms with Crippen molar-refractivity contribution >= 4 is 0 Å². The van der Waals surface area contributed by atoms with Gasteiger partial charge in [0.15, 0.2) is 0 Å². The van der Waals surface area contributed by atoms with Gasteiger partial charge in [-0.3, -0.25) is 4.90 Å². The van der Waals surface area contributed by atoms with Crippen molar-refractivity contribution in [3.63, 3.8) is 0 Å². The molecule has 0 fully saturated rings. The van der Waals surface area contributed by atoms with E-state index in [1.807, 2.05) is 19.2 Å². The molecule has 0 aliphatic heterocycles. The van der Waals surface area contributed by atoms with Gasteiger partial charge in [0.1, 0.15) is 5.82 Å². The zero-order valence-electron chi connectivity index (χ0n) is 11.4. The lowest BCUT2D eigenvalue weighted by Gasteiger charge is -2.38. The van der Waals surface area contributed by atoms with Crippen molar-refractivity contribution < 1.29 is 9.13 Å². The monoisotopic (exact) mass is 254 g/mol. The second-order valence-corrected chi connectivity index (χ2v) is 4.88. The molecule has 0 aliphatic rings. The smallest absolute Gasteiger partial charge is 0.126 e. The maximum atomic E-state index is 13.7. The molecule has 0 radical (unpaired) electrons. The first kappa shape index (κ1) is 15.1. The number of likely N-dealkylation sites (N-methyl/N-ethyl adjacent to an activating group) is 1. The highest BCUT2D eigenvalue weighted by Gasteiger charge is 2.28. The number of nitrogens with two attached hydrogens (primary N) is 1. The molecular weight excluding hydrogens is 231 g/mol. The predicted octanol–water partition coefficient (Wildman–Crippen LogP) is 1.66. The van der Waals surface area contributed by atoms with Gasteiger partial charge in [0, 0.05) is 25.7 Å². The molecule has 1 atom stereocenters. The lowest BCUT2D eigenvalue weighted by atomic mass is 9.91. The fourth-order valence-corrected chi connectivity index (χ4v) is 1.91. The average Bonchev–Trinajstić information content (AvgIpc) is 2.38. The molecule has 102 valence electrons. The van der Waals surface area contributed by atoms with Crippen LogP contribution >= 0.6 is 0 Å². The van der Waals surface area contributed by atoms with E-state index in [2.05, 4.69) is 11.8 Å². The molecule has 1 unspecified atom stereocenters. The molecule has 0 aromatic heterocycles. The van der Waals surface area contributed by atoms with Crippen molar-refractivity contribution in [2.45, 2.75) is 18.9 Å². The normalized spacial score (nSPS) is 14.8. The Morgan fingerprint density at radius 2 is 2.06 bits per heavy atom. The Morgan fingerprint density at radius 1 is 1.39 bits per heavy atom. The topological polar surface area (TPSA) is 38.5 Å². The van der Waals surface area contributed by atoms with E-state index in [4.69, 9.17) is 10.5 Å². The molecular formula is C14H23FN2O. The highest BCUT2D eigenvalue weighted by molar-refractivity contribution is 5.20. The van der Waals surface area contributed by atoms with Gasteiger partial charge < -0.3 is 10.5 Å². The van der Waals surface area contributed by atoms with E-state index in [-0.39, 0.29) is 11.4 Å². The summed E-state index contributed by atoms with van der Waals surface area (Å²) in [5.74, 6) is -0.169. The fraction of sp³-hybridized carbons (Fsp3) is 0.571. The summed E-state index contributed by atoms with van der Waals surface area (Å²) in [4.78, 5) is 2.13. The Morgan fingerprint density at radius 3 is 2.61 bits per heavy atom. The lowest BCUT2D eigenvalue weighted by molar-refractivity contribution is 0.0936. The van der Waals surface area contributed by atoms with Crippen molar-refractivity contribution in [3.05, 3.63) is 35.6 Å². The minimum Gasteiger partial charge on any atom is -0.383 e. The van der Waals surface area contributed by atoms with Gasteiger partial charge in [-0.2, -0.15) is 0 Å². The summed E-state index contributed by atoms with van der Waals surface area (Å²) in [5, 5.41) is 0. The van der Waals surface area contributed by atoms with Crippen LogP contribution in [0, 0.1) is 5.82 Å². The van der Waals surface area contributed by atoms with Crippen LogP contribution in [-0.4, -0.2) is 44.3 Å². The van der Waals surface area contributed by atoms with E-state index >= 15 is 0 Å². The van der Waals surface area contributed by atoms with E-state index in [9.17, 15) is 4.39 Å². The number of hydrogen-bond acceptors (Lipinski definition) is 3. The van der Waals surface area contributed by atoms with Crippen LogP contribution in [0.15, 0.2) is 24.3 Å². The number of hydrogen-bond donors (Lipinski definition) is 1. The maximum Gasteiger partial charge on any atom is 0.126 e. The molecule has 18 heavy (non-hydrogen) atoms. The third-order valence-corrected chi connectivity index (χ3v) is 3.52. The molecule has 2 N–H and O–H groups in total. The fourth-order valence-electron chi connectivity index (χ4n) is 1.91. The van der Waals surface area contributed by atoms with Gasteiger partial charge in [-0.05, 0) is 32.0 Å². The largest absolute Gasteiger partial charge is 0.383 e. The minimum atomic E-state index is -0.263. The van der Waals surface area contributed by atoms with Crippen LogP contribution in [0.5, 0.6) is 0 Å². The Kier molecular flexibility index (Phi) is 5.72. The second kappa shape index (κ2) is 6.83. The van der Waals surface area contributed by atoms with E-state index in [1.165, 1.54) is 6.07 Å². The van der Waals surface area contributed by atoms with E-state index < -0.39 is 0 Å². The number of halogens is 1. The second-order valence-electron chi connectivity index (χ2n) is 4.88. The van der Waals surface area contributed by atoms with E-state index in [0.717, 1.165) is 6.54 Å². The van der Waals surface area contributed by atoms with Gasteiger partial charge in [0.05, 0.1) is 6.61 Å². The number of rotatable bonds is 7. The number of methoxy groups -OCH3 is 1. The Balaban J connectivity index is 2.79. The summed E-state index contributed by atoms with van der Waals surface area (Å²) >= 11 is 0. The average molecular weight is 254 g/mol. The van der Waals surface area contributed by atoms with Crippen molar-refractivity contribution in [2.24, 2.45) is 5.73 Å². The maximum absolute atomic E-state index is 13.7. The number of benzene rings is 1. The summed E-state index contributed by atoms with van der Waals surface area (Å²) in [5.41, 5.74) is 6.31. The first-order valence-electron chi connectivity index (χ1n) is 6.17. The van der Waals surface area contributed by atoms with Crippen LogP contribution in [0.25, 0.3) is 0 Å². The summed E-state index contributed by atoms with van der Waals surface area (Å²) in [6, 6.07) is 6.85. The van der Waals surface area contributed by atoms with Crippen LogP contribution in [0.2, 0.25) is 0 Å². The number of nitrogens with zero attached hydrogens (tertiary/aromatic N) is 1. The lowest BCUT2D eigenvalue weighted by Crippen LogP contribution is -2.52. The Bertz CT molecular complexity index is 373. The first-order valence-corrected chi connectivity index (χ1v) is 6.17. The molecule has 0 saturated carbocycles. The van der Waals surface area contributed by atoms with Crippen LogP contribution in [-0.2, 0) is 11.2 Å². The summed E-state index contributed by atoms with van der Waals surface area (Å²) < 4.78 is 18.8. The van der Waals surface area contributed by atoms with Gasteiger partial charge in [-0.1, -0.05) is 18.2 Å². The highest BCUT2D eigenvalue weighted by atomic mass is 19.1. The molecule has 0 amide bonds. The molecule has 0 aliphatic carbocycles. The van der Waals surface area contributed by atoms with Crippen LogP contribution < -0.4 is 5.73 Å². The van der Waals surface area contributed by atoms with Crippen molar-refractivity contribution in [1.29, 1.82) is 0 Å². The first-order chi connectivity index (χ1) is 8.53. The third-order valence-electron chi connectivity index (χ3n) is 3.52. The quantitative estimate of drug-likeness (QED) is 0.804.